The summed E-state index contributed by atoms with van der Waals surface area (Å²) in [5.74, 6) is 1.84. The van der Waals surface area contributed by atoms with Gasteiger partial charge in [-0.15, -0.1) is 0 Å². The molecule has 35 heavy (non-hydrogen) atoms. The van der Waals surface area contributed by atoms with Gasteiger partial charge < -0.3 is 25.0 Å². The maximum absolute atomic E-state index is 13.6. The van der Waals surface area contributed by atoms with Crippen molar-refractivity contribution in [3.05, 3.63) is 5.82 Å². The van der Waals surface area contributed by atoms with Gasteiger partial charge in [0.25, 0.3) is 0 Å². The number of hydrogen-bond donors (Lipinski definition) is 1. The van der Waals surface area contributed by atoms with Gasteiger partial charge in [-0.2, -0.15) is 4.98 Å². The lowest BCUT2D eigenvalue weighted by Crippen LogP contribution is -2.51. The van der Waals surface area contributed by atoms with E-state index in [-0.39, 0.29) is 23.9 Å². The summed E-state index contributed by atoms with van der Waals surface area (Å²) in [6, 6.07) is 1.42. The number of nitrogens with two attached hydrogens (primary N) is 1. The summed E-state index contributed by atoms with van der Waals surface area (Å²) in [6.07, 6.45) is 10.0. The quantitative estimate of drug-likeness (QED) is 0.602. The zero-order valence-electron chi connectivity index (χ0n) is 21.2. The second kappa shape index (κ2) is 10.6. The number of piperidine rings is 1. The van der Waals surface area contributed by atoms with Crippen molar-refractivity contribution in [1.29, 1.82) is 0 Å². The average molecular weight is 485 g/mol. The summed E-state index contributed by atoms with van der Waals surface area (Å²) in [5, 5.41) is 4.27. The molecule has 2 N–H and O–H groups in total. The van der Waals surface area contributed by atoms with Gasteiger partial charge in [0, 0.05) is 56.4 Å². The van der Waals surface area contributed by atoms with Crippen LogP contribution in [-0.2, 0) is 4.79 Å². The topological polar surface area (TPSA) is 116 Å². The Morgan fingerprint density at radius 2 is 1.89 bits per heavy atom. The molecule has 3 atom stereocenters. The molecule has 0 spiro atoms. The molecule has 3 fully saturated rings. The monoisotopic (exact) mass is 484 g/mol. The van der Waals surface area contributed by atoms with Crippen molar-refractivity contribution in [2.45, 2.75) is 89.3 Å². The van der Waals surface area contributed by atoms with Gasteiger partial charge >= 0.3 is 6.01 Å². The number of anilines is 1. The van der Waals surface area contributed by atoms with Gasteiger partial charge in [0.1, 0.15) is 0 Å². The molecule has 0 radical (unpaired) electrons. The highest BCUT2D eigenvalue weighted by molar-refractivity contribution is 6.00. The van der Waals surface area contributed by atoms with Gasteiger partial charge in [-0.05, 0) is 44.9 Å². The Bertz CT molecular complexity index is 934. The second-order valence-electron chi connectivity index (χ2n) is 10.5. The van der Waals surface area contributed by atoms with Crippen LogP contribution in [0.3, 0.4) is 0 Å². The number of amides is 1. The van der Waals surface area contributed by atoms with Crippen molar-refractivity contribution < 1.29 is 9.32 Å². The highest BCUT2D eigenvalue weighted by Gasteiger charge is 2.41. The summed E-state index contributed by atoms with van der Waals surface area (Å²) in [5.41, 5.74) is 6.02. The molecule has 4 heterocycles. The molecule has 1 amide bonds. The number of hydrogen-bond acceptors (Lipinski definition) is 9. The molecule has 10 heteroatoms. The molecule has 1 aliphatic carbocycles. The van der Waals surface area contributed by atoms with Crippen molar-refractivity contribution in [1.82, 2.24) is 19.9 Å². The van der Waals surface area contributed by atoms with Crippen molar-refractivity contribution in [2.24, 2.45) is 21.6 Å². The van der Waals surface area contributed by atoms with Crippen LogP contribution in [0.4, 0.5) is 6.01 Å². The summed E-state index contributed by atoms with van der Waals surface area (Å²) in [4.78, 5) is 34.0. The first kappa shape index (κ1) is 24.2. The predicted molar refractivity (Wildman–Crippen MR) is 136 cm³/mol. The molecular weight excluding hydrogens is 444 g/mol. The third-order valence-electron chi connectivity index (χ3n) is 7.87. The number of likely N-dealkylation sites (tertiary alicyclic amines) is 1. The summed E-state index contributed by atoms with van der Waals surface area (Å²) in [6.45, 7) is 8.17. The summed E-state index contributed by atoms with van der Waals surface area (Å²) < 4.78 is 5.63. The fourth-order valence-corrected chi connectivity index (χ4v) is 5.64. The van der Waals surface area contributed by atoms with Crippen molar-refractivity contribution in [3.8, 4) is 0 Å². The third kappa shape index (κ3) is 5.37. The number of carbonyl (C=O) groups is 1. The van der Waals surface area contributed by atoms with E-state index in [0.29, 0.717) is 24.5 Å². The van der Waals surface area contributed by atoms with E-state index >= 15 is 0 Å². The van der Waals surface area contributed by atoms with E-state index in [1.54, 1.807) is 0 Å². The minimum atomic E-state index is -0.267. The molecule has 0 bridgehead atoms. The Morgan fingerprint density at radius 1 is 1.14 bits per heavy atom. The van der Waals surface area contributed by atoms with Crippen LogP contribution in [0.25, 0.3) is 0 Å². The summed E-state index contributed by atoms with van der Waals surface area (Å²) >= 11 is 0. The number of aromatic nitrogens is 2. The molecule has 1 saturated carbocycles. The smallest absolute Gasteiger partial charge is 0.324 e. The molecule has 1 aromatic rings. The molecule has 3 aliphatic heterocycles. The van der Waals surface area contributed by atoms with Gasteiger partial charge in [0.15, 0.2) is 5.82 Å². The zero-order valence-corrected chi connectivity index (χ0v) is 21.2. The predicted octanol–water partition coefficient (Wildman–Crippen LogP) is 2.41. The van der Waals surface area contributed by atoms with Crippen LogP contribution in [0.15, 0.2) is 14.5 Å². The number of rotatable bonds is 8. The fourth-order valence-electron chi connectivity index (χ4n) is 5.64. The molecule has 10 nitrogen and oxygen atoms in total. The van der Waals surface area contributed by atoms with E-state index in [9.17, 15) is 4.79 Å². The molecular formula is C25H40N8O2. The van der Waals surface area contributed by atoms with Crippen LogP contribution in [0.2, 0.25) is 0 Å². The number of carbonyl (C=O) groups excluding carboxylic acids is 1. The Kier molecular flexibility index (Phi) is 7.36. The van der Waals surface area contributed by atoms with E-state index in [4.69, 9.17) is 15.2 Å². The molecule has 2 saturated heterocycles. The van der Waals surface area contributed by atoms with Crippen LogP contribution in [0.5, 0.6) is 0 Å². The Balaban J connectivity index is 1.17. The van der Waals surface area contributed by atoms with E-state index in [0.717, 1.165) is 89.3 Å². The maximum atomic E-state index is 13.6. The van der Waals surface area contributed by atoms with Crippen molar-refractivity contribution in [3.63, 3.8) is 0 Å². The highest BCUT2D eigenvalue weighted by atomic mass is 16.5. The van der Waals surface area contributed by atoms with Gasteiger partial charge in [-0.25, -0.2) is 9.98 Å². The highest BCUT2D eigenvalue weighted by Crippen LogP contribution is 2.34. The lowest BCUT2D eigenvalue weighted by molar-refractivity contribution is -0.136. The average Bonchev–Trinajstić information content (AvgIpc) is 3.42. The first-order valence-electron chi connectivity index (χ1n) is 13.6. The Labute approximate surface area is 208 Å². The molecule has 1 aromatic heterocycles. The van der Waals surface area contributed by atoms with Crippen LogP contribution >= 0.6 is 0 Å². The maximum Gasteiger partial charge on any atom is 0.324 e. The molecule has 5 rings (SSSR count). The number of nitrogens with zero attached hydrogens (tertiary/aromatic N) is 7. The lowest BCUT2D eigenvalue weighted by atomic mass is 10.00. The number of guanidine groups is 1. The van der Waals surface area contributed by atoms with Gasteiger partial charge in [-0.1, -0.05) is 25.4 Å². The normalized spacial score (nSPS) is 26.2. The lowest BCUT2D eigenvalue weighted by Gasteiger charge is -2.39. The van der Waals surface area contributed by atoms with Crippen molar-refractivity contribution >= 4 is 24.1 Å². The fraction of sp³-hybridized carbons (Fsp3) is 0.800. The Morgan fingerprint density at radius 3 is 2.49 bits per heavy atom. The number of aliphatic imine (C=N–C) groups is 2. The summed E-state index contributed by atoms with van der Waals surface area (Å²) in [7, 11) is 0. The van der Waals surface area contributed by atoms with Crippen LogP contribution in [0.1, 0.15) is 77.0 Å². The molecule has 192 valence electrons. The van der Waals surface area contributed by atoms with E-state index in [1.807, 2.05) is 6.21 Å². The largest absolute Gasteiger partial charge is 0.340 e. The first-order chi connectivity index (χ1) is 17.1. The SMILES string of the molecule is CCCC(CC)c1noc(N2CCC(N(C(=O)C3C=NC(N4CC[C@@H](N)C4)=NC3)C3CC3)CC2)n1. The van der Waals surface area contributed by atoms with Crippen LogP contribution in [0, 0.1) is 5.92 Å². The third-order valence-corrected chi connectivity index (χ3v) is 7.87. The van der Waals surface area contributed by atoms with Crippen LogP contribution < -0.4 is 10.6 Å². The molecule has 2 unspecified atom stereocenters. The zero-order chi connectivity index (χ0) is 24.4. The Hall–Kier alpha value is -2.49. The standard InChI is InChI=1S/C25H40N8O2/c1-3-5-17(4-2)22-29-25(35-30-22)31-12-9-21(10-13-31)33(20-6-7-20)23(34)18-14-27-24(28-15-18)32-11-8-19(26)16-32/h14,17-21H,3-13,15-16,26H2,1-2H3/t17?,18?,19-/m1/s1. The van der Waals surface area contributed by atoms with Gasteiger partial charge in [-0.3, -0.25) is 4.79 Å². The van der Waals surface area contributed by atoms with E-state index in [2.05, 4.69) is 43.7 Å². The molecule has 4 aliphatic rings. The first-order valence-corrected chi connectivity index (χ1v) is 13.6. The van der Waals surface area contributed by atoms with Gasteiger partial charge in [0.2, 0.25) is 11.9 Å². The van der Waals surface area contributed by atoms with E-state index in [1.165, 1.54) is 0 Å². The molecule has 0 aromatic carbocycles. The van der Waals surface area contributed by atoms with E-state index < -0.39 is 0 Å². The minimum absolute atomic E-state index is 0.182. The van der Waals surface area contributed by atoms with Crippen molar-refractivity contribution in [2.75, 3.05) is 37.6 Å². The second-order valence-corrected chi connectivity index (χ2v) is 10.5. The minimum Gasteiger partial charge on any atom is -0.340 e. The van der Waals surface area contributed by atoms with Gasteiger partial charge in [0.05, 0.1) is 12.5 Å². The van der Waals surface area contributed by atoms with Crippen LogP contribution in [-0.4, -0.2) is 88.9 Å².